The number of hydrogen-bond acceptors (Lipinski definition) is 7. The lowest BCUT2D eigenvalue weighted by Gasteiger charge is -2.23. The van der Waals surface area contributed by atoms with Gasteiger partial charge >= 0.3 is 5.13 Å². The predicted molar refractivity (Wildman–Crippen MR) is 122 cm³/mol. The second kappa shape index (κ2) is 10.6. The molecule has 164 valence electrons. The maximum absolute atomic E-state index is 10.8. The van der Waals surface area contributed by atoms with Crippen molar-refractivity contribution in [3.05, 3.63) is 71.2 Å². The minimum Gasteiger partial charge on any atom is -0.748 e. The van der Waals surface area contributed by atoms with Crippen LogP contribution in [0.5, 0.6) is 0 Å². The Bertz CT molecular complexity index is 1110. The van der Waals surface area contributed by atoms with Crippen molar-refractivity contribution in [3.63, 3.8) is 0 Å². The number of aromatic nitrogens is 1. The molecule has 0 N–H and O–H groups in total. The topological polar surface area (TPSA) is 89.0 Å². The molecule has 0 amide bonds. The van der Waals surface area contributed by atoms with Crippen LogP contribution in [-0.2, 0) is 23.2 Å². The van der Waals surface area contributed by atoms with E-state index < -0.39 is 10.1 Å². The van der Waals surface area contributed by atoms with Crippen LogP contribution in [0.3, 0.4) is 0 Å². The van der Waals surface area contributed by atoms with Gasteiger partial charge in [-0.05, 0) is 66.5 Å². The van der Waals surface area contributed by atoms with Crippen molar-refractivity contribution >= 4 is 38.0 Å². The van der Waals surface area contributed by atoms with E-state index in [1.807, 2.05) is 60.2 Å². The molecule has 0 spiro atoms. The quantitative estimate of drug-likeness (QED) is 0.250. The Hall–Kier alpha value is -2.62. The van der Waals surface area contributed by atoms with E-state index in [4.69, 9.17) is 0 Å². The van der Waals surface area contributed by atoms with Crippen LogP contribution in [-0.4, -0.2) is 25.3 Å². The average molecular weight is 459 g/mol. The molecule has 7 nitrogen and oxygen atoms in total. The number of thiazole rings is 1. The molecule has 1 aromatic heterocycles. The van der Waals surface area contributed by atoms with E-state index >= 15 is 0 Å². The van der Waals surface area contributed by atoms with Gasteiger partial charge in [0.2, 0.25) is 0 Å². The van der Waals surface area contributed by atoms with E-state index in [1.165, 1.54) is 16.9 Å². The summed E-state index contributed by atoms with van der Waals surface area (Å²) in [4.78, 5) is 3.32. The summed E-state index contributed by atoms with van der Waals surface area (Å²) >= 11 is 1.47. The molecule has 0 bridgehead atoms. The largest absolute Gasteiger partial charge is 0.748 e. The Morgan fingerprint density at radius 1 is 1.06 bits per heavy atom. The van der Waals surface area contributed by atoms with Crippen molar-refractivity contribution in [1.82, 2.24) is 0 Å². The third-order valence-electron chi connectivity index (χ3n) is 4.69. The minimum atomic E-state index is -4.21. The van der Waals surface area contributed by atoms with Crippen LogP contribution in [0.1, 0.15) is 23.8 Å². The first kappa shape index (κ1) is 23.1. The molecule has 0 unspecified atom stereocenters. The first-order chi connectivity index (χ1) is 14.8. The third-order valence-corrected chi connectivity index (χ3v) is 6.41. The summed E-state index contributed by atoms with van der Waals surface area (Å²) in [7, 11) is -4.21. The highest BCUT2D eigenvalue weighted by Gasteiger charge is 2.15. The molecule has 1 heterocycles. The highest BCUT2D eigenvalue weighted by molar-refractivity contribution is 7.85. The Kier molecular flexibility index (Phi) is 7.89. The van der Waals surface area contributed by atoms with Gasteiger partial charge in [-0.25, -0.2) is 13.0 Å². The van der Waals surface area contributed by atoms with E-state index in [-0.39, 0.29) is 12.2 Å². The standard InChI is InChI=1S/C22H26N4O3S2/c1-3-25(17-19-8-5-4-6-9-19)21-12-10-20(11-13-21)23-24-22-26(16-18(2)30-22)14-7-15-31(27,28)29/h4-6,8-13,16H,3,7,14-15,17H2,1-2H3. The summed E-state index contributed by atoms with van der Waals surface area (Å²) in [6.07, 6.45) is 2.14. The predicted octanol–water partition coefficient (Wildman–Crippen LogP) is 4.72. The van der Waals surface area contributed by atoms with Gasteiger partial charge in [-0.1, -0.05) is 30.3 Å². The average Bonchev–Trinajstić information content (AvgIpc) is 3.10. The molecule has 9 heteroatoms. The maximum atomic E-state index is 10.8. The van der Waals surface area contributed by atoms with E-state index in [2.05, 4.69) is 34.2 Å². The van der Waals surface area contributed by atoms with Crippen LogP contribution in [0.25, 0.3) is 0 Å². The molecule has 0 fully saturated rings. The molecule has 0 saturated carbocycles. The number of nitrogens with zero attached hydrogens (tertiary/aromatic N) is 4. The van der Waals surface area contributed by atoms with Gasteiger partial charge in [0, 0.05) is 29.4 Å². The van der Waals surface area contributed by atoms with E-state index in [0.29, 0.717) is 11.7 Å². The molecule has 3 rings (SSSR count). The molecule has 3 aromatic rings. The zero-order chi connectivity index (χ0) is 22.3. The monoisotopic (exact) mass is 458 g/mol. The number of benzene rings is 2. The molecule has 0 atom stereocenters. The van der Waals surface area contributed by atoms with Crippen LogP contribution >= 0.6 is 11.3 Å². The second-order valence-corrected chi connectivity index (χ2v) is 9.89. The molecule has 2 aromatic carbocycles. The summed E-state index contributed by atoms with van der Waals surface area (Å²) in [6, 6.07) is 18.3. The zero-order valence-electron chi connectivity index (χ0n) is 17.6. The van der Waals surface area contributed by atoms with Crippen molar-refractivity contribution in [2.24, 2.45) is 10.2 Å². The van der Waals surface area contributed by atoms with Gasteiger partial charge in [0.15, 0.2) is 0 Å². The number of aryl methyl sites for hydroxylation is 2. The molecule has 31 heavy (non-hydrogen) atoms. The molecule has 0 aliphatic carbocycles. The summed E-state index contributed by atoms with van der Waals surface area (Å²) in [5, 5.41) is 9.34. The Balaban J connectivity index is 1.67. The fourth-order valence-electron chi connectivity index (χ4n) is 3.17. The van der Waals surface area contributed by atoms with Crippen molar-refractivity contribution in [1.29, 1.82) is 0 Å². The minimum absolute atomic E-state index is 0.248. The van der Waals surface area contributed by atoms with Gasteiger partial charge < -0.3 is 9.45 Å². The fraction of sp³-hybridized carbons (Fsp3) is 0.318. The smallest absolute Gasteiger partial charge is 0.408 e. The molecule has 0 aliphatic heterocycles. The second-order valence-electron chi connectivity index (χ2n) is 7.15. The van der Waals surface area contributed by atoms with Crippen molar-refractivity contribution < 1.29 is 17.5 Å². The Labute approximate surface area is 187 Å². The summed E-state index contributed by atoms with van der Waals surface area (Å²) in [6.45, 7) is 6.22. The van der Waals surface area contributed by atoms with Crippen molar-refractivity contribution in [2.75, 3.05) is 17.2 Å². The molecular formula is C22H26N4O3S2. The number of azo groups is 1. The van der Waals surface area contributed by atoms with Crippen molar-refractivity contribution in [3.8, 4) is 0 Å². The SMILES string of the molecule is CCN(Cc1ccccc1)c1ccc(N=Nc2sc(C)c[n+]2CCCS(=O)(=O)[O-])cc1. The van der Waals surface area contributed by atoms with Gasteiger partial charge in [0.25, 0.3) is 0 Å². The molecule has 0 aliphatic rings. The van der Waals surface area contributed by atoms with Crippen LogP contribution in [0.2, 0.25) is 0 Å². The van der Waals surface area contributed by atoms with Crippen LogP contribution in [0.15, 0.2) is 71.0 Å². The Morgan fingerprint density at radius 3 is 2.42 bits per heavy atom. The van der Waals surface area contributed by atoms with Gasteiger partial charge in [-0.15, -0.1) is 0 Å². The zero-order valence-corrected chi connectivity index (χ0v) is 19.3. The Morgan fingerprint density at radius 2 is 1.77 bits per heavy atom. The maximum Gasteiger partial charge on any atom is 0.408 e. The normalized spacial score (nSPS) is 11.8. The van der Waals surface area contributed by atoms with E-state index in [0.717, 1.165) is 29.3 Å². The lowest BCUT2D eigenvalue weighted by atomic mass is 10.2. The summed E-state index contributed by atoms with van der Waals surface area (Å²) in [5.74, 6) is -0.385. The van der Waals surface area contributed by atoms with Crippen LogP contribution in [0.4, 0.5) is 16.5 Å². The van der Waals surface area contributed by atoms with Crippen LogP contribution < -0.4 is 9.47 Å². The molecule has 0 saturated heterocycles. The number of anilines is 1. The number of rotatable bonds is 10. The highest BCUT2D eigenvalue weighted by atomic mass is 32.2. The lowest BCUT2D eigenvalue weighted by Crippen LogP contribution is -2.32. The van der Waals surface area contributed by atoms with E-state index in [1.54, 1.807) is 0 Å². The molecule has 0 radical (unpaired) electrons. The van der Waals surface area contributed by atoms with Gasteiger partial charge in [0.05, 0.1) is 21.8 Å². The molecular weight excluding hydrogens is 432 g/mol. The van der Waals surface area contributed by atoms with Gasteiger partial charge in [-0.3, -0.25) is 0 Å². The van der Waals surface area contributed by atoms with Gasteiger partial charge in [0.1, 0.15) is 11.9 Å². The lowest BCUT2D eigenvalue weighted by molar-refractivity contribution is -0.680. The van der Waals surface area contributed by atoms with E-state index in [9.17, 15) is 13.0 Å². The first-order valence-electron chi connectivity index (χ1n) is 10.1. The fourth-order valence-corrected chi connectivity index (χ4v) is 4.47. The van der Waals surface area contributed by atoms with Crippen molar-refractivity contribution in [2.45, 2.75) is 33.4 Å². The highest BCUT2D eigenvalue weighted by Crippen LogP contribution is 2.25. The summed E-state index contributed by atoms with van der Waals surface area (Å²) in [5.41, 5.74) is 3.11. The third kappa shape index (κ3) is 7.23. The van der Waals surface area contributed by atoms with Crippen LogP contribution in [0, 0.1) is 6.92 Å². The first-order valence-corrected chi connectivity index (χ1v) is 12.5. The van der Waals surface area contributed by atoms with Gasteiger partial charge in [-0.2, -0.15) is 0 Å². The summed E-state index contributed by atoms with van der Waals surface area (Å²) < 4.78 is 34.3. The number of hydrogen-bond donors (Lipinski definition) is 0.